The van der Waals surface area contributed by atoms with Crippen LogP contribution in [0.25, 0.3) is 45.0 Å². The molecular formula is C29H25N3. The van der Waals surface area contributed by atoms with Crippen molar-refractivity contribution in [2.24, 2.45) is 0 Å². The predicted molar refractivity (Wildman–Crippen MR) is 134 cm³/mol. The summed E-state index contributed by atoms with van der Waals surface area (Å²) >= 11 is 0. The van der Waals surface area contributed by atoms with Crippen molar-refractivity contribution < 1.29 is 0 Å². The molecule has 0 bridgehead atoms. The highest BCUT2D eigenvalue weighted by Gasteiger charge is 2.22. The van der Waals surface area contributed by atoms with Crippen molar-refractivity contribution in [3.05, 3.63) is 109 Å². The Morgan fingerprint density at radius 1 is 0.656 bits per heavy atom. The van der Waals surface area contributed by atoms with Crippen LogP contribution in [0.15, 0.2) is 109 Å². The zero-order valence-electron chi connectivity index (χ0n) is 18.1. The molecule has 5 rings (SSSR count). The number of rotatable bonds is 5. The largest absolute Gasteiger partial charge is 0.399 e. The molecule has 5 aromatic rings. The van der Waals surface area contributed by atoms with Crippen molar-refractivity contribution in [2.75, 3.05) is 5.73 Å². The number of hydrogen-bond acceptors (Lipinski definition) is 2. The third-order valence-electron chi connectivity index (χ3n) is 5.74. The summed E-state index contributed by atoms with van der Waals surface area (Å²) in [6.07, 6.45) is 0. The van der Waals surface area contributed by atoms with Crippen LogP contribution in [-0.4, -0.2) is 9.55 Å². The van der Waals surface area contributed by atoms with E-state index in [1.54, 1.807) is 0 Å². The van der Waals surface area contributed by atoms with Crippen molar-refractivity contribution >= 4 is 5.69 Å². The SMILES string of the molecule is CCn1c(-c2ccccc2-c2cccc(N)c2)nc(-c2ccccc2)c1-c1ccccc1. The third-order valence-corrected chi connectivity index (χ3v) is 5.74. The molecule has 1 heterocycles. The Bertz CT molecular complexity index is 1350. The molecule has 0 spiro atoms. The summed E-state index contributed by atoms with van der Waals surface area (Å²) in [7, 11) is 0. The van der Waals surface area contributed by atoms with E-state index >= 15 is 0 Å². The van der Waals surface area contributed by atoms with E-state index in [1.807, 2.05) is 30.3 Å². The van der Waals surface area contributed by atoms with Crippen molar-refractivity contribution in [1.29, 1.82) is 0 Å². The predicted octanol–water partition coefficient (Wildman–Crippen LogP) is 7.15. The van der Waals surface area contributed by atoms with E-state index in [-0.39, 0.29) is 0 Å². The smallest absolute Gasteiger partial charge is 0.141 e. The fraction of sp³-hybridized carbons (Fsp3) is 0.0690. The number of nitrogens with two attached hydrogens (primary N) is 1. The molecule has 0 aliphatic rings. The number of aromatic nitrogens is 2. The summed E-state index contributed by atoms with van der Waals surface area (Å²) in [5.41, 5.74) is 14.6. The van der Waals surface area contributed by atoms with Gasteiger partial charge in [-0.15, -0.1) is 0 Å². The molecule has 0 saturated carbocycles. The zero-order chi connectivity index (χ0) is 21.9. The third kappa shape index (κ3) is 3.58. The van der Waals surface area contributed by atoms with Crippen LogP contribution in [0.3, 0.4) is 0 Å². The lowest BCUT2D eigenvalue weighted by molar-refractivity contribution is 0.778. The fourth-order valence-corrected chi connectivity index (χ4v) is 4.29. The summed E-state index contributed by atoms with van der Waals surface area (Å²) in [5, 5.41) is 0. The van der Waals surface area contributed by atoms with Crippen LogP contribution < -0.4 is 5.73 Å². The van der Waals surface area contributed by atoms with Gasteiger partial charge in [0.25, 0.3) is 0 Å². The monoisotopic (exact) mass is 415 g/mol. The van der Waals surface area contributed by atoms with E-state index in [1.165, 1.54) is 0 Å². The number of imidazole rings is 1. The molecule has 3 nitrogen and oxygen atoms in total. The number of benzene rings is 4. The van der Waals surface area contributed by atoms with Crippen LogP contribution in [0, 0.1) is 0 Å². The lowest BCUT2D eigenvalue weighted by atomic mass is 9.98. The van der Waals surface area contributed by atoms with Crippen LogP contribution in [0.2, 0.25) is 0 Å². The summed E-state index contributed by atoms with van der Waals surface area (Å²) in [6, 6.07) is 37.4. The molecular weight excluding hydrogens is 390 g/mol. The van der Waals surface area contributed by atoms with E-state index < -0.39 is 0 Å². The molecule has 4 aromatic carbocycles. The van der Waals surface area contributed by atoms with Gasteiger partial charge in [0.1, 0.15) is 5.82 Å². The highest BCUT2D eigenvalue weighted by molar-refractivity contribution is 5.87. The van der Waals surface area contributed by atoms with Gasteiger partial charge in [-0.3, -0.25) is 0 Å². The minimum Gasteiger partial charge on any atom is -0.399 e. The van der Waals surface area contributed by atoms with Crippen LogP contribution >= 0.6 is 0 Å². The van der Waals surface area contributed by atoms with Gasteiger partial charge in [0.15, 0.2) is 0 Å². The Morgan fingerprint density at radius 3 is 1.91 bits per heavy atom. The fourth-order valence-electron chi connectivity index (χ4n) is 4.29. The van der Waals surface area contributed by atoms with Crippen LogP contribution in [0.1, 0.15) is 6.92 Å². The van der Waals surface area contributed by atoms with E-state index in [4.69, 9.17) is 10.7 Å². The minimum atomic E-state index is 0.756. The average Bonchev–Trinajstić information content (AvgIpc) is 3.25. The molecule has 0 radical (unpaired) electrons. The summed E-state index contributed by atoms with van der Waals surface area (Å²) in [5.74, 6) is 0.961. The van der Waals surface area contributed by atoms with Crippen LogP contribution in [-0.2, 0) is 6.54 Å². The molecule has 0 unspecified atom stereocenters. The molecule has 2 N–H and O–H groups in total. The van der Waals surface area contributed by atoms with Gasteiger partial charge in [-0.05, 0) is 30.2 Å². The highest BCUT2D eigenvalue weighted by Crippen LogP contribution is 2.39. The van der Waals surface area contributed by atoms with Crippen molar-refractivity contribution in [3.63, 3.8) is 0 Å². The van der Waals surface area contributed by atoms with Gasteiger partial charge in [0, 0.05) is 28.9 Å². The van der Waals surface area contributed by atoms with Crippen LogP contribution in [0.5, 0.6) is 0 Å². The van der Waals surface area contributed by atoms with E-state index in [2.05, 4.69) is 90.4 Å². The number of hydrogen-bond donors (Lipinski definition) is 1. The molecule has 0 aliphatic carbocycles. The normalized spacial score (nSPS) is 10.9. The van der Waals surface area contributed by atoms with Gasteiger partial charge in [-0.25, -0.2) is 4.98 Å². The zero-order valence-corrected chi connectivity index (χ0v) is 18.1. The van der Waals surface area contributed by atoms with Gasteiger partial charge in [-0.1, -0.05) is 97.1 Å². The van der Waals surface area contributed by atoms with Gasteiger partial charge >= 0.3 is 0 Å². The second-order valence-corrected chi connectivity index (χ2v) is 7.78. The molecule has 0 atom stereocenters. The Hall–Kier alpha value is -4.11. The Labute approximate surface area is 188 Å². The molecule has 3 heteroatoms. The minimum absolute atomic E-state index is 0.756. The summed E-state index contributed by atoms with van der Waals surface area (Å²) < 4.78 is 2.32. The Morgan fingerprint density at radius 2 is 1.25 bits per heavy atom. The van der Waals surface area contributed by atoms with Crippen molar-refractivity contribution in [3.8, 4) is 45.0 Å². The maximum absolute atomic E-state index is 6.10. The first-order chi connectivity index (χ1) is 15.8. The average molecular weight is 416 g/mol. The van der Waals surface area contributed by atoms with E-state index in [9.17, 15) is 0 Å². The molecule has 0 amide bonds. The van der Waals surface area contributed by atoms with Crippen LogP contribution in [0.4, 0.5) is 5.69 Å². The molecule has 0 aliphatic heterocycles. The standard InChI is InChI=1S/C29H25N3/c1-2-32-28(22-14-7-4-8-15-22)27(21-12-5-3-6-13-21)31-29(32)26-19-10-9-18-25(26)23-16-11-17-24(30)20-23/h3-20H,2,30H2,1H3. The second-order valence-electron chi connectivity index (χ2n) is 7.78. The Balaban J connectivity index is 1.80. The van der Waals surface area contributed by atoms with Gasteiger partial charge < -0.3 is 10.3 Å². The van der Waals surface area contributed by atoms with E-state index in [0.717, 1.165) is 57.3 Å². The molecule has 0 saturated heterocycles. The second kappa shape index (κ2) is 8.56. The summed E-state index contributed by atoms with van der Waals surface area (Å²) in [6.45, 7) is 2.99. The van der Waals surface area contributed by atoms with Gasteiger partial charge in [-0.2, -0.15) is 0 Å². The first-order valence-electron chi connectivity index (χ1n) is 10.9. The maximum Gasteiger partial charge on any atom is 0.141 e. The van der Waals surface area contributed by atoms with E-state index in [0.29, 0.717) is 0 Å². The maximum atomic E-state index is 6.10. The quantitative estimate of drug-likeness (QED) is 0.310. The molecule has 156 valence electrons. The first kappa shape index (κ1) is 19.8. The number of anilines is 1. The molecule has 0 fully saturated rings. The number of nitrogen functional groups attached to an aromatic ring is 1. The Kier molecular flexibility index (Phi) is 5.30. The van der Waals surface area contributed by atoms with Gasteiger partial charge in [0.2, 0.25) is 0 Å². The topological polar surface area (TPSA) is 43.8 Å². The van der Waals surface area contributed by atoms with Crippen molar-refractivity contribution in [1.82, 2.24) is 9.55 Å². The molecule has 32 heavy (non-hydrogen) atoms. The van der Waals surface area contributed by atoms with Crippen molar-refractivity contribution in [2.45, 2.75) is 13.5 Å². The lowest BCUT2D eigenvalue weighted by Gasteiger charge is -2.14. The lowest BCUT2D eigenvalue weighted by Crippen LogP contribution is -2.01. The first-order valence-corrected chi connectivity index (χ1v) is 10.9. The highest BCUT2D eigenvalue weighted by atomic mass is 15.1. The molecule has 1 aromatic heterocycles. The summed E-state index contributed by atoms with van der Waals surface area (Å²) in [4.78, 5) is 5.24. The van der Waals surface area contributed by atoms with Gasteiger partial charge in [0.05, 0.1) is 11.4 Å². The number of nitrogens with zero attached hydrogens (tertiary/aromatic N) is 2.